The lowest BCUT2D eigenvalue weighted by Gasteiger charge is -2.14. The zero-order valence-electron chi connectivity index (χ0n) is 31.1. The van der Waals surface area contributed by atoms with Gasteiger partial charge in [0.25, 0.3) is 0 Å². The molecule has 0 N–H and O–H groups in total. The maximum atomic E-state index is 6.45. The SMILES string of the molecule is c1ccc(-c2nc(-c3ccc(-c4ccc5oc6ccccc6c5c4-c4ccc5ccc6ccccc6c5c4)cc3)nc(-c3cccc4c3oc3ccccc34)n2)cc1. The van der Waals surface area contributed by atoms with Crippen LogP contribution in [0.5, 0.6) is 0 Å². The highest BCUT2D eigenvalue weighted by Crippen LogP contribution is 2.44. The van der Waals surface area contributed by atoms with Gasteiger partial charge in [-0.1, -0.05) is 158 Å². The van der Waals surface area contributed by atoms with Crippen molar-refractivity contribution in [2.45, 2.75) is 0 Å². The van der Waals surface area contributed by atoms with Crippen LogP contribution in [0.4, 0.5) is 0 Å². The molecule has 270 valence electrons. The highest BCUT2D eigenvalue weighted by atomic mass is 16.3. The van der Waals surface area contributed by atoms with Crippen molar-refractivity contribution >= 4 is 65.4 Å². The Morgan fingerprint density at radius 3 is 1.71 bits per heavy atom. The maximum Gasteiger partial charge on any atom is 0.167 e. The third kappa shape index (κ3) is 5.14. The Morgan fingerprint density at radius 2 is 0.897 bits per heavy atom. The molecule has 0 aliphatic heterocycles. The van der Waals surface area contributed by atoms with Gasteiger partial charge in [-0.3, -0.25) is 0 Å². The number of hydrogen-bond acceptors (Lipinski definition) is 5. The van der Waals surface area contributed by atoms with E-state index in [1.165, 1.54) is 21.5 Å². The third-order valence-corrected chi connectivity index (χ3v) is 11.3. The molecule has 5 heteroatoms. The second-order valence-corrected chi connectivity index (χ2v) is 14.7. The molecule has 0 aliphatic carbocycles. The summed E-state index contributed by atoms with van der Waals surface area (Å²) in [5.41, 5.74) is 10.4. The summed E-state index contributed by atoms with van der Waals surface area (Å²) in [5, 5.41) is 9.17. The van der Waals surface area contributed by atoms with Crippen LogP contribution in [0.2, 0.25) is 0 Å². The quantitative estimate of drug-likeness (QED) is 0.164. The van der Waals surface area contributed by atoms with Gasteiger partial charge in [0.2, 0.25) is 0 Å². The monoisotopic (exact) mass is 741 g/mol. The third-order valence-electron chi connectivity index (χ3n) is 11.3. The summed E-state index contributed by atoms with van der Waals surface area (Å²) < 4.78 is 12.9. The second kappa shape index (κ2) is 12.8. The Bertz CT molecular complexity index is 3570. The lowest BCUT2D eigenvalue weighted by atomic mass is 9.89. The van der Waals surface area contributed by atoms with Crippen LogP contribution in [0.1, 0.15) is 0 Å². The van der Waals surface area contributed by atoms with E-state index in [1.54, 1.807) is 0 Å². The number of furan rings is 2. The molecule has 0 unspecified atom stereocenters. The number of rotatable bonds is 5. The minimum absolute atomic E-state index is 0.556. The fourth-order valence-electron chi connectivity index (χ4n) is 8.58. The standard InChI is InChI=1S/C53H31N3O2/c1-2-12-35(13-3-1)51-54-52(56-53(55-51)43-18-10-17-41-40-15-6-8-19-45(40)58-50(41)43)36-26-23-33(24-27-36)39-29-30-47-49(42-16-7-9-20-46(42)57-47)48(39)37-28-25-34-22-21-32-11-4-5-14-38(32)44(34)31-37/h1-31H. The Balaban J connectivity index is 1.03. The van der Waals surface area contributed by atoms with Crippen molar-refractivity contribution in [3.05, 3.63) is 188 Å². The normalized spacial score (nSPS) is 11.8. The van der Waals surface area contributed by atoms with Gasteiger partial charge in [-0.05, 0) is 68.6 Å². The molecule has 0 saturated carbocycles. The second-order valence-electron chi connectivity index (χ2n) is 14.7. The molecule has 0 radical (unpaired) electrons. The van der Waals surface area contributed by atoms with E-state index in [1.807, 2.05) is 72.8 Å². The molecular formula is C53H31N3O2. The Morgan fingerprint density at radius 1 is 0.310 bits per heavy atom. The van der Waals surface area contributed by atoms with Crippen LogP contribution < -0.4 is 0 Å². The van der Waals surface area contributed by atoms with Gasteiger partial charge in [0.15, 0.2) is 17.5 Å². The predicted molar refractivity (Wildman–Crippen MR) is 237 cm³/mol. The van der Waals surface area contributed by atoms with Gasteiger partial charge in [0, 0.05) is 38.2 Å². The minimum atomic E-state index is 0.556. The molecule has 0 atom stereocenters. The molecule has 3 heterocycles. The minimum Gasteiger partial charge on any atom is -0.456 e. The van der Waals surface area contributed by atoms with Crippen LogP contribution in [0, 0.1) is 0 Å². The molecule has 0 saturated heterocycles. The molecular weight excluding hydrogens is 711 g/mol. The number of nitrogens with zero attached hydrogens (tertiary/aromatic N) is 3. The maximum absolute atomic E-state index is 6.45. The van der Waals surface area contributed by atoms with Gasteiger partial charge in [0.1, 0.15) is 22.3 Å². The fourth-order valence-corrected chi connectivity index (χ4v) is 8.58. The Labute approximate surface area is 332 Å². The summed E-state index contributed by atoms with van der Waals surface area (Å²) in [6.07, 6.45) is 0. The molecule has 0 fully saturated rings. The number of fused-ring (bicyclic) bond motifs is 9. The first kappa shape index (κ1) is 32.4. The van der Waals surface area contributed by atoms with Crippen molar-refractivity contribution < 1.29 is 8.83 Å². The van der Waals surface area contributed by atoms with Crippen molar-refractivity contribution in [1.82, 2.24) is 15.0 Å². The van der Waals surface area contributed by atoms with E-state index in [4.69, 9.17) is 23.8 Å². The van der Waals surface area contributed by atoms with E-state index in [2.05, 4.69) is 115 Å². The largest absolute Gasteiger partial charge is 0.456 e. The first-order valence-electron chi connectivity index (χ1n) is 19.4. The van der Waals surface area contributed by atoms with Crippen LogP contribution in [0.15, 0.2) is 197 Å². The highest BCUT2D eigenvalue weighted by molar-refractivity contribution is 6.17. The number of benzene rings is 9. The molecule has 12 aromatic rings. The first-order valence-corrected chi connectivity index (χ1v) is 19.4. The molecule has 9 aromatic carbocycles. The van der Waals surface area contributed by atoms with Crippen molar-refractivity contribution in [1.29, 1.82) is 0 Å². The lowest BCUT2D eigenvalue weighted by Crippen LogP contribution is -2.00. The van der Waals surface area contributed by atoms with Crippen molar-refractivity contribution in [2.75, 3.05) is 0 Å². The predicted octanol–water partition coefficient (Wildman–Crippen LogP) is 14.3. The molecule has 12 rings (SSSR count). The number of para-hydroxylation sites is 3. The number of hydrogen-bond donors (Lipinski definition) is 0. The highest BCUT2D eigenvalue weighted by Gasteiger charge is 2.20. The first-order chi connectivity index (χ1) is 28.7. The van der Waals surface area contributed by atoms with Gasteiger partial charge in [-0.25, -0.2) is 15.0 Å². The van der Waals surface area contributed by atoms with Gasteiger partial charge in [-0.2, -0.15) is 0 Å². The summed E-state index contributed by atoms with van der Waals surface area (Å²) in [6.45, 7) is 0. The molecule has 0 amide bonds. The van der Waals surface area contributed by atoms with Crippen LogP contribution >= 0.6 is 0 Å². The summed E-state index contributed by atoms with van der Waals surface area (Å²) in [6, 6.07) is 65.3. The van der Waals surface area contributed by atoms with Crippen molar-refractivity contribution in [3.63, 3.8) is 0 Å². The lowest BCUT2D eigenvalue weighted by molar-refractivity contribution is 0.669. The Kier molecular flexibility index (Phi) is 7.16. The van der Waals surface area contributed by atoms with E-state index in [0.29, 0.717) is 17.5 Å². The summed E-state index contributed by atoms with van der Waals surface area (Å²) in [4.78, 5) is 15.2. The average molecular weight is 742 g/mol. The number of aromatic nitrogens is 3. The van der Waals surface area contributed by atoms with Gasteiger partial charge >= 0.3 is 0 Å². The van der Waals surface area contributed by atoms with Gasteiger partial charge in [0.05, 0.1) is 5.56 Å². The van der Waals surface area contributed by atoms with E-state index < -0.39 is 0 Å². The van der Waals surface area contributed by atoms with E-state index in [9.17, 15) is 0 Å². The molecule has 3 aromatic heterocycles. The molecule has 0 aliphatic rings. The van der Waals surface area contributed by atoms with E-state index in [0.717, 1.165) is 82.8 Å². The zero-order valence-corrected chi connectivity index (χ0v) is 31.1. The summed E-state index contributed by atoms with van der Waals surface area (Å²) in [5.74, 6) is 1.74. The fraction of sp³-hybridized carbons (Fsp3) is 0. The van der Waals surface area contributed by atoms with E-state index in [-0.39, 0.29) is 0 Å². The van der Waals surface area contributed by atoms with Crippen LogP contribution in [0.25, 0.3) is 122 Å². The van der Waals surface area contributed by atoms with E-state index >= 15 is 0 Å². The van der Waals surface area contributed by atoms with Gasteiger partial charge in [-0.15, -0.1) is 0 Å². The zero-order chi connectivity index (χ0) is 38.2. The summed E-state index contributed by atoms with van der Waals surface area (Å²) >= 11 is 0. The van der Waals surface area contributed by atoms with Crippen molar-refractivity contribution in [2.24, 2.45) is 0 Å². The smallest absolute Gasteiger partial charge is 0.167 e. The molecule has 5 nitrogen and oxygen atoms in total. The average Bonchev–Trinajstić information content (AvgIpc) is 3.87. The van der Waals surface area contributed by atoms with Gasteiger partial charge < -0.3 is 8.83 Å². The molecule has 0 spiro atoms. The molecule has 0 bridgehead atoms. The van der Waals surface area contributed by atoms with Crippen LogP contribution in [0.3, 0.4) is 0 Å². The topological polar surface area (TPSA) is 65.0 Å². The molecule has 58 heavy (non-hydrogen) atoms. The van der Waals surface area contributed by atoms with Crippen LogP contribution in [-0.4, -0.2) is 15.0 Å². The summed E-state index contributed by atoms with van der Waals surface area (Å²) in [7, 11) is 0. The Hall–Kier alpha value is -7.89. The van der Waals surface area contributed by atoms with Crippen molar-refractivity contribution in [3.8, 4) is 56.4 Å². The van der Waals surface area contributed by atoms with Crippen LogP contribution in [-0.2, 0) is 0 Å².